The van der Waals surface area contributed by atoms with E-state index < -0.39 is 19.8 Å². The van der Waals surface area contributed by atoms with Gasteiger partial charge in [-0.25, -0.2) is 8.42 Å². The van der Waals surface area contributed by atoms with Crippen molar-refractivity contribution in [3.05, 3.63) is 40.7 Å². The van der Waals surface area contributed by atoms with Gasteiger partial charge in [0.1, 0.15) is 5.75 Å². The lowest BCUT2D eigenvalue weighted by Crippen LogP contribution is -1.97. The first-order chi connectivity index (χ1) is 9.29. The number of hydrogen-bond acceptors (Lipinski definition) is 6. The molecule has 0 fully saturated rings. The smallest absolute Gasteiger partial charge is 0.427 e. The van der Waals surface area contributed by atoms with Crippen molar-refractivity contribution >= 4 is 25.6 Å². The van der Waals surface area contributed by atoms with Crippen molar-refractivity contribution in [2.45, 2.75) is 4.90 Å². The molecule has 20 heavy (non-hydrogen) atoms. The first kappa shape index (κ1) is 14.3. The van der Waals surface area contributed by atoms with Gasteiger partial charge in [-0.15, -0.1) is 0 Å². The molecule has 0 aliphatic rings. The predicted molar refractivity (Wildman–Crippen MR) is 69.4 cm³/mol. The van der Waals surface area contributed by atoms with E-state index in [1.54, 1.807) is 0 Å². The minimum Gasteiger partial charge on any atom is -0.434 e. The summed E-state index contributed by atoms with van der Waals surface area (Å²) in [6.07, 6.45) is 1.22. The Balaban J connectivity index is 2.41. The monoisotopic (exact) mass is 317 g/mol. The summed E-state index contributed by atoms with van der Waals surface area (Å²) in [4.78, 5) is 13.5. The molecule has 2 rings (SSSR count). The zero-order chi connectivity index (χ0) is 14.9. The van der Waals surface area contributed by atoms with Gasteiger partial charge < -0.3 is 14.9 Å². The maximum Gasteiger partial charge on any atom is 0.427 e. The van der Waals surface area contributed by atoms with Crippen LogP contribution in [-0.2, 0) is 16.1 Å². The number of benzene rings is 1. The summed E-state index contributed by atoms with van der Waals surface area (Å²) in [7, 11) is 2.82. The van der Waals surface area contributed by atoms with Crippen molar-refractivity contribution in [3.8, 4) is 11.6 Å². The highest BCUT2D eigenvalue weighted by Crippen LogP contribution is 2.30. The maximum absolute atomic E-state index is 11.2. The van der Waals surface area contributed by atoms with Crippen LogP contribution in [0.1, 0.15) is 0 Å². The Bertz CT molecular complexity index is 771. The molecule has 8 nitrogen and oxygen atoms in total. The zero-order valence-electron chi connectivity index (χ0n) is 10.1. The van der Waals surface area contributed by atoms with Gasteiger partial charge in [-0.1, -0.05) is 6.07 Å². The van der Waals surface area contributed by atoms with E-state index >= 15 is 0 Å². The lowest BCUT2D eigenvalue weighted by molar-refractivity contribution is -0.390. The van der Waals surface area contributed by atoms with Crippen LogP contribution in [0.15, 0.2) is 35.5 Å². The average Bonchev–Trinajstić information content (AvgIpc) is 2.70. The largest absolute Gasteiger partial charge is 0.434 e. The third kappa shape index (κ3) is 2.89. The van der Waals surface area contributed by atoms with E-state index in [0.29, 0.717) is 0 Å². The Labute approximate surface area is 118 Å². The van der Waals surface area contributed by atoms with E-state index in [9.17, 15) is 18.5 Å². The molecule has 0 unspecified atom stereocenters. The molecule has 2 aromatic rings. The summed E-state index contributed by atoms with van der Waals surface area (Å²) >= 11 is 0. The van der Waals surface area contributed by atoms with Crippen LogP contribution in [-0.4, -0.2) is 22.9 Å². The second-order valence-corrected chi connectivity index (χ2v) is 6.32. The molecular weight excluding hydrogens is 310 g/mol. The fourth-order valence-corrected chi connectivity index (χ4v) is 2.24. The molecule has 0 aliphatic carbocycles. The first-order valence-corrected chi connectivity index (χ1v) is 7.48. The highest BCUT2D eigenvalue weighted by molar-refractivity contribution is 8.13. The summed E-state index contributed by atoms with van der Waals surface area (Å²) in [6, 6.07) is 5.31. The molecular formula is C10H8ClN3O5S. The van der Waals surface area contributed by atoms with Gasteiger partial charge in [-0.3, -0.25) is 4.57 Å². The molecule has 0 aliphatic heterocycles. The third-order valence-electron chi connectivity index (χ3n) is 2.34. The van der Waals surface area contributed by atoms with Crippen LogP contribution in [0.4, 0.5) is 5.82 Å². The number of nitro groups is 1. The van der Waals surface area contributed by atoms with Gasteiger partial charge in [0.2, 0.25) is 6.33 Å². The van der Waals surface area contributed by atoms with Crippen LogP contribution in [0, 0.1) is 10.1 Å². The summed E-state index contributed by atoms with van der Waals surface area (Å²) in [6.45, 7) is 0. The van der Waals surface area contributed by atoms with E-state index in [0.717, 1.165) is 0 Å². The standard InChI is InChI=1S/C10H8ClN3O5S/c1-13-6-12-9(14(15)16)10(13)19-7-3-2-4-8(5-7)20(11,17)18/h2-6H,1H3. The number of hydrogen-bond donors (Lipinski definition) is 0. The summed E-state index contributed by atoms with van der Waals surface area (Å²) in [5.41, 5.74) is 0. The van der Waals surface area contributed by atoms with E-state index in [1.165, 1.54) is 42.2 Å². The normalized spacial score (nSPS) is 11.3. The molecule has 1 heterocycles. The fourth-order valence-electron chi connectivity index (χ4n) is 1.45. The van der Waals surface area contributed by atoms with Gasteiger partial charge in [0.15, 0.2) is 0 Å². The Kier molecular flexibility index (Phi) is 3.64. The minimum atomic E-state index is -3.90. The van der Waals surface area contributed by atoms with Crippen LogP contribution in [0.2, 0.25) is 0 Å². The first-order valence-electron chi connectivity index (χ1n) is 5.17. The van der Waals surface area contributed by atoms with Crippen LogP contribution in [0.5, 0.6) is 11.6 Å². The number of halogens is 1. The molecule has 1 aromatic carbocycles. The number of aryl methyl sites for hydroxylation is 1. The molecule has 0 saturated carbocycles. The Hall–Kier alpha value is -2.13. The molecule has 0 spiro atoms. The van der Waals surface area contributed by atoms with Crippen molar-refractivity contribution in [2.24, 2.45) is 7.05 Å². The van der Waals surface area contributed by atoms with Gasteiger partial charge in [0, 0.05) is 23.8 Å². The highest BCUT2D eigenvalue weighted by atomic mass is 35.7. The summed E-state index contributed by atoms with van der Waals surface area (Å²) in [5, 5.41) is 10.8. The fraction of sp³-hybridized carbons (Fsp3) is 0.100. The van der Waals surface area contributed by atoms with Crippen molar-refractivity contribution in [2.75, 3.05) is 0 Å². The number of rotatable bonds is 4. The zero-order valence-corrected chi connectivity index (χ0v) is 11.6. The van der Waals surface area contributed by atoms with Crippen LogP contribution in [0.3, 0.4) is 0 Å². The van der Waals surface area contributed by atoms with Crippen LogP contribution >= 0.6 is 10.7 Å². The third-order valence-corrected chi connectivity index (χ3v) is 3.69. The topological polar surface area (TPSA) is 104 Å². The predicted octanol–water partition coefficient (Wildman–Crippen LogP) is 2.05. The molecule has 1 aromatic heterocycles. The molecule has 0 amide bonds. The minimum absolute atomic E-state index is 0.0958. The molecule has 0 bridgehead atoms. The molecule has 0 radical (unpaired) electrons. The lowest BCUT2D eigenvalue weighted by atomic mass is 10.3. The highest BCUT2D eigenvalue weighted by Gasteiger charge is 2.23. The number of imidazole rings is 1. The van der Waals surface area contributed by atoms with Gasteiger partial charge in [-0.05, 0) is 22.0 Å². The van der Waals surface area contributed by atoms with Gasteiger partial charge in [0.05, 0.1) is 4.90 Å². The number of aromatic nitrogens is 2. The lowest BCUT2D eigenvalue weighted by Gasteiger charge is -2.06. The summed E-state index contributed by atoms with van der Waals surface area (Å²) in [5.74, 6) is -0.482. The molecule has 106 valence electrons. The Morgan fingerprint density at radius 1 is 1.45 bits per heavy atom. The quantitative estimate of drug-likeness (QED) is 0.485. The van der Waals surface area contributed by atoms with E-state index in [2.05, 4.69) is 4.98 Å². The number of nitrogens with zero attached hydrogens (tertiary/aromatic N) is 3. The summed E-state index contributed by atoms with van der Waals surface area (Å²) < 4.78 is 29.0. The van der Waals surface area contributed by atoms with Crippen molar-refractivity contribution < 1.29 is 18.1 Å². The van der Waals surface area contributed by atoms with Crippen molar-refractivity contribution in [1.29, 1.82) is 0 Å². The van der Waals surface area contributed by atoms with E-state index in [1.807, 2.05) is 0 Å². The van der Waals surface area contributed by atoms with Crippen molar-refractivity contribution in [3.63, 3.8) is 0 Å². The molecule has 0 saturated heterocycles. The number of ether oxygens (including phenoxy) is 1. The van der Waals surface area contributed by atoms with E-state index in [-0.39, 0.29) is 16.5 Å². The van der Waals surface area contributed by atoms with Crippen LogP contribution < -0.4 is 4.74 Å². The molecule has 0 N–H and O–H groups in total. The second kappa shape index (κ2) is 5.10. The van der Waals surface area contributed by atoms with Gasteiger partial charge >= 0.3 is 11.7 Å². The second-order valence-electron chi connectivity index (χ2n) is 3.76. The van der Waals surface area contributed by atoms with Gasteiger partial charge in [0.25, 0.3) is 9.05 Å². The van der Waals surface area contributed by atoms with Crippen molar-refractivity contribution in [1.82, 2.24) is 9.55 Å². The Morgan fingerprint density at radius 2 is 2.15 bits per heavy atom. The SMILES string of the molecule is Cn1cnc([N+](=O)[O-])c1Oc1cccc(S(=O)(=O)Cl)c1. The van der Waals surface area contributed by atoms with E-state index in [4.69, 9.17) is 15.4 Å². The van der Waals surface area contributed by atoms with Crippen LogP contribution in [0.25, 0.3) is 0 Å². The molecule has 10 heteroatoms. The molecule has 0 atom stereocenters. The Morgan fingerprint density at radius 3 is 2.75 bits per heavy atom. The average molecular weight is 318 g/mol. The maximum atomic E-state index is 11.2. The van der Waals surface area contributed by atoms with Gasteiger partial charge in [-0.2, -0.15) is 0 Å².